The first-order chi connectivity index (χ1) is 7.59. The molecule has 0 spiro atoms. The van der Waals surface area contributed by atoms with Crippen LogP contribution in [0.5, 0.6) is 0 Å². The maximum atomic E-state index is 6.30. The topological polar surface area (TPSA) is 18.5 Å². The summed E-state index contributed by atoms with van der Waals surface area (Å²) in [6, 6.07) is 3.49. The highest BCUT2D eigenvalue weighted by Gasteiger charge is 2.31. The van der Waals surface area contributed by atoms with Crippen molar-refractivity contribution in [2.75, 3.05) is 7.11 Å². The van der Waals surface area contributed by atoms with E-state index in [1.165, 1.54) is 0 Å². The number of hydrogen-bond donors (Lipinski definition) is 0. The third-order valence-corrected chi connectivity index (χ3v) is 7.72. The second-order valence-corrected chi connectivity index (χ2v) is 8.73. The Morgan fingerprint density at radius 3 is 1.94 bits per heavy atom. The third-order valence-electron chi connectivity index (χ3n) is 3.20. The average molecular weight is 242 g/mol. The zero-order valence-corrected chi connectivity index (χ0v) is 12.6. The molecule has 94 valence electrons. The van der Waals surface area contributed by atoms with Crippen LogP contribution in [0.3, 0.4) is 0 Å². The van der Waals surface area contributed by atoms with Crippen LogP contribution in [0.15, 0.2) is 23.7 Å². The molecule has 0 bridgehead atoms. The van der Waals surface area contributed by atoms with Crippen molar-refractivity contribution in [1.29, 1.82) is 0 Å². The molecule has 0 aromatic rings. The minimum Gasteiger partial charge on any atom is -0.543 e. The Balaban J connectivity index is 4.84. The lowest BCUT2D eigenvalue weighted by Crippen LogP contribution is -2.35. The van der Waals surface area contributed by atoms with Gasteiger partial charge in [-0.1, -0.05) is 20.8 Å². The number of ether oxygens (including phenoxy) is 1. The third kappa shape index (κ3) is 4.04. The quantitative estimate of drug-likeness (QED) is 0.373. The van der Waals surface area contributed by atoms with Gasteiger partial charge in [0.1, 0.15) is 5.76 Å². The molecule has 0 rings (SSSR count). The van der Waals surface area contributed by atoms with Gasteiger partial charge in [0.25, 0.3) is 0 Å². The Bertz CT molecular complexity index is 244. The Labute approximate surface area is 101 Å². The highest BCUT2D eigenvalue weighted by Crippen LogP contribution is 2.27. The molecule has 0 unspecified atom stereocenters. The molecule has 0 amide bonds. The van der Waals surface area contributed by atoms with Crippen LogP contribution in [-0.4, -0.2) is 15.4 Å². The van der Waals surface area contributed by atoms with Crippen molar-refractivity contribution in [3.05, 3.63) is 23.7 Å². The number of methoxy groups -OCH3 is 1. The van der Waals surface area contributed by atoms with E-state index < -0.39 is 8.32 Å². The van der Waals surface area contributed by atoms with Crippen LogP contribution in [0.1, 0.15) is 34.6 Å². The van der Waals surface area contributed by atoms with Crippen molar-refractivity contribution >= 4 is 8.32 Å². The first-order valence-corrected chi connectivity index (χ1v) is 8.67. The lowest BCUT2D eigenvalue weighted by Gasteiger charge is -2.30. The van der Waals surface area contributed by atoms with Gasteiger partial charge < -0.3 is 9.16 Å². The summed E-state index contributed by atoms with van der Waals surface area (Å²) in [6.45, 7) is 10.8. The van der Waals surface area contributed by atoms with Crippen molar-refractivity contribution in [2.45, 2.75) is 52.8 Å². The molecule has 0 saturated heterocycles. The van der Waals surface area contributed by atoms with Gasteiger partial charge in [-0.3, -0.25) is 0 Å². The van der Waals surface area contributed by atoms with Crippen molar-refractivity contribution < 1.29 is 9.16 Å². The summed E-state index contributed by atoms with van der Waals surface area (Å²) >= 11 is 0. The van der Waals surface area contributed by atoms with Crippen molar-refractivity contribution in [3.63, 3.8) is 0 Å². The summed E-state index contributed by atoms with van der Waals surface area (Å²) in [7, 11) is 0.110. The zero-order valence-electron chi connectivity index (χ0n) is 11.6. The van der Waals surface area contributed by atoms with E-state index in [9.17, 15) is 0 Å². The fourth-order valence-electron chi connectivity index (χ4n) is 1.80. The van der Waals surface area contributed by atoms with Gasteiger partial charge in [0.05, 0.1) is 13.4 Å². The maximum absolute atomic E-state index is 6.30. The largest absolute Gasteiger partial charge is 0.543 e. The van der Waals surface area contributed by atoms with E-state index >= 15 is 0 Å². The lowest BCUT2D eigenvalue weighted by atomic mass is 10.3. The lowest BCUT2D eigenvalue weighted by molar-refractivity contribution is 0.328. The van der Waals surface area contributed by atoms with Gasteiger partial charge in [-0.2, -0.15) is 0 Å². The predicted octanol–water partition coefficient (Wildman–Crippen LogP) is 4.46. The van der Waals surface area contributed by atoms with E-state index in [1.807, 2.05) is 19.9 Å². The van der Waals surface area contributed by atoms with Gasteiger partial charge in [0.2, 0.25) is 8.32 Å². The van der Waals surface area contributed by atoms with Crippen LogP contribution in [0.2, 0.25) is 18.1 Å². The molecule has 0 radical (unpaired) electrons. The molecule has 0 atom stereocenters. The maximum Gasteiger partial charge on any atom is 0.250 e. The van der Waals surface area contributed by atoms with Gasteiger partial charge in [-0.05, 0) is 38.1 Å². The molecule has 0 aliphatic heterocycles. The van der Waals surface area contributed by atoms with Crippen LogP contribution >= 0.6 is 0 Å². The second-order valence-electron chi connectivity index (χ2n) is 4.04. The minimum atomic E-state index is -1.56. The Morgan fingerprint density at radius 1 is 1.12 bits per heavy atom. The summed E-state index contributed by atoms with van der Waals surface area (Å²) < 4.78 is 11.3. The van der Waals surface area contributed by atoms with Gasteiger partial charge in [0, 0.05) is 5.57 Å². The molecular formula is C13H26O2Si. The van der Waals surface area contributed by atoms with E-state index in [1.54, 1.807) is 13.4 Å². The van der Waals surface area contributed by atoms with Crippen LogP contribution < -0.4 is 0 Å². The molecule has 0 heterocycles. The van der Waals surface area contributed by atoms with E-state index in [0.717, 1.165) is 29.5 Å². The molecule has 0 aromatic carbocycles. The highest BCUT2D eigenvalue weighted by atomic mass is 28.4. The van der Waals surface area contributed by atoms with Crippen molar-refractivity contribution in [2.24, 2.45) is 0 Å². The summed E-state index contributed by atoms with van der Waals surface area (Å²) in [5, 5.41) is 0. The standard InChI is InChI=1S/C13H26O2Si/c1-7-13(12(5)11-14-6)15-16(8-2,9-3)10-4/h7,11H,8-10H2,1-6H3/b12-11+,13-7+. The SMILES string of the molecule is C/C=C(O[Si](CC)(CC)CC)\C(C)=C\OC. The molecule has 0 aromatic heterocycles. The summed E-state index contributed by atoms with van der Waals surface area (Å²) in [5.41, 5.74) is 1.07. The normalized spacial score (nSPS) is 13.9. The molecule has 3 heteroatoms. The molecule has 0 aliphatic carbocycles. The fourth-order valence-corrected chi connectivity index (χ4v) is 4.48. The molecule has 2 nitrogen and oxygen atoms in total. The van der Waals surface area contributed by atoms with Gasteiger partial charge in [-0.25, -0.2) is 0 Å². The molecule has 16 heavy (non-hydrogen) atoms. The Hall–Kier alpha value is -0.703. The molecule has 0 saturated carbocycles. The first kappa shape index (κ1) is 15.3. The fraction of sp³-hybridized carbons (Fsp3) is 0.692. The monoisotopic (exact) mass is 242 g/mol. The van der Waals surface area contributed by atoms with Crippen molar-refractivity contribution in [3.8, 4) is 0 Å². The van der Waals surface area contributed by atoms with Gasteiger partial charge in [0.15, 0.2) is 0 Å². The minimum absolute atomic E-state index is 0.985. The first-order valence-electron chi connectivity index (χ1n) is 6.14. The smallest absolute Gasteiger partial charge is 0.250 e. The average Bonchev–Trinajstić information content (AvgIpc) is 2.32. The zero-order chi connectivity index (χ0) is 12.6. The van der Waals surface area contributed by atoms with Crippen LogP contribution in [0, 0.1) is 0 Å². The number of rotatable bonds is 7. The molecule has 0 fully saturated rings. The van der Waals surface area contributed by atoms with Crippen LogP contribution in [0.4, 0.5) is 0 Å². The predicted molar refractivity (Wildman–Crippen MR) is 72.8 cm³/mol. The van der Waals surface area contributed by atoms with Gasteiger partial charge >= 0.3 is 0 Å². The summed E-state index contributed by atoms with van der Waals surface area (Å²) in [4.78, 5) is 0. The van der Waals surface area contributed by atoms with E-state index in [0.29, 0.717) is 0 Å². The van der Waals surface area contributed by atoms with E-state index in [2.05, 4.69) is 20.8 Å². The number of allylic oxidation sites excluding steroid dienone is 2. The van der Waals surface area contributed by atoms with Gasteiger partial charge in [-0.15, -0.1) is 0 Å². The summed E-state index contributed by atoms with van der Waals surface area (Å²) in [6.07, 6.45) is 3.78. The number of hydrogen-bond acceptors (Lipinski definition) is 2. The Morgan fingerprint density at radius 2 is 1.62 bits per heavy atom. The van der Waals surface area contributed by atoms with E-state index in [4.69, 9.17) is 9.16 Å². The van der Waals surface area contributed by atoms with Crippen LogP contribution in [-0.2, 0) is 9.16 Å². The van der Waals surface area contributed by atoms with Crippen LogP contribution in [0.25, 0.3) is 0 Å². The second kappa shape index (κ2) is 7.55. The Kier molecular flexibility index (Phi) is 7.22. The molecule has 0 aliphatic rings. The summed E-state index contributed by atoms with van der Waals surface area (Å²) in [5.74, 6) is 0.985. The van der Waals surface area contributed by atoms with Crippen molar-refractivity contribution in [1.82, 2.24) is 0 Å². The molecule has 0 N–H and O–H groups in total. The van der Waals surface area contributed by atoms with E-state index in [-0.39, 0.29) is 0 Å². The highest BCUT2D eigenvalue weighted by molar-refractivity contribution is 6.73. The molecular weight excluding hydrogens is 216 g/mol.